The molecular weight excluding hydrogens is 266 g/mol. The van der Waals surface area contributed by atoms with Crippen molar-refractivity contribution in [3.63, 3.8) is 0 Å². The number of hydrazine groups is 1. The fourth-order valence-corrected chi connectivity index (χ4v) is 0.919. The standard InChI is InChI=1S/2K.H4N2O6S2/c;;3-9(4,5)1-2-10(6,7)8/h;;1-2H,(H,3,4,5)(H,6,7,8)/q2*+1;/p-2. The van der Waals surface area contributed by atoms with Crippen molar-refractivity contribution in [2.75, 3.05) is 0 Å². The van der Waals surface area contributed by atoms with Crippen LogP contribution in [0.4, 0.5) is 0 Å². The summed E-state index contributed by atoms with van der Waals surface area (Å²) in [7, 11) is -9.90. The molecule has 0 aromatic carbocycles. The molecule has 12 heteroatoms. The molecule has 8 nitrogen and oxygen atoms in total. The molecule has 12 heavy (non-hydrogen) atoms. The molecule has 0 saturated heterocycles. The Morgan fingerprint density at radius 3 is 1.00 bits per heavy atom. The van der Waals surface area contributed by atoms with Crippen LogP contribution < -0.4 is 112 Å². The van der Waals surface area contributed by atoms with E-state index in [9.17, 15) is 25.9 Å². The van der Waals surface area contributed by atoms with Crippen LogP contribution in [0.3, 0.4) is 0 Å². The first kappa shape index (κ1) is 20.4. The first-order valence-corrected chi connectivity index (χ1v) is 4.47. The molecule has 0 rings (SSSR count). The summed E-state index contributed by atoms with van der Waals surface area (Å²) in [4.78, 5) is 1.46. The Labute approximate surface area is 155 Å². The van der Waals surface area contributed by atoms with Crippen molar-refractivity contribution in [2.45, 2.75) is 0 Å². The van der Waals surface area contributed by atoms with Crippen molar-refractivity contribution in [2.24, 2.45) is 0 Å². The van der Waals surface area contributed by atoms with Gasteiger partial charge in [-0.3, -0.25) is 0 Å². The molecule has 0 aliphatic carbocycles. The summed E-state index contributed by atoms with van der Waals surface area (Å²) >= 11 is 0. The minimum Gasteiger partial charge on any atom is -0.734 e. The second kappa shape index (κ2) is 8.20. The van der Waals surface area contributed by atoms with E-state index in [1.807, 2.05) is 0 Å². The molecule has 0 aliphatic rings. The average molecular weight is 268 g/mol. The summed E-state index contributed by atoms with van der Waals surface area (Å²) in [5.41, 5.74) is 0. The Morgan fingerprint density at radius 1 is 0.750 bits per heavy atom. The second-order valence-electron chi connectivity index (χ2n) is 1.11. The summed E-state index contributed by atoms with van der Waals surface area (Å²) in [5.74, 6) is 0. The third-order valence-electron chi connectivity index (χ3n) is 0.292. The second-order valence-corrected chi connectivity index (χ2v) is 3.34. The van der Waals surface area contributed by atoms with Gasteiger partial charge in [-0.1, -0.05) is 0 Å². The van der Waals surface area contributed by atoms with Gasteiger partial charge in [0.25, 0.3) is 0 Å². The number of hydrogen-bond acceptors (Lipinski definition) is 6. The summed E-state index contributed by atoms with van der Waals surface area (Å²) in [6, 6.07) is 0. The molecule has 0 aromatic rings. The maximum atomic E-state index is 9.55. The van der Waals surface area contributed by atoms with Gasteiger partial charge in [-0.25, -0.2) is 16.8 Å². The predicted molar refractivity (Wildman–Crippen MR) is 25.7 cm³/mol. The van der Waals surface area contributed by atoms with E-state index < -0.39 is 20.6 Å². The molecule has 0 aromatic heterocycles. The van der Waals surface area contributed by atoms with E-state index >= 15 is 0 Å². The minimum atomic E-state index is -4.95. The Hall–Kier alpha value is 3.01. The van der Waals surface area contributed by atoms with Gasteiger partial charge in [-0.05, 0) is 0 Å². The molecule has 2 N–H and O–H groups in total. The molecule has 0 heterocycles. The van der Waals surface area contributed by atoms with Gasteiger partial charge in [0.15, 0.2) is 20.6 Å². The van der Waals surface area contributed by atoms with E-state index in [1.165, 1.54) is 0 Å². The Morgan fingerprint density at radius 2 is 0.917 bits per heavy atom. The van der Waals surface area contributed by atoms with Gasteiger partial charge < -0.3 is 9.11 Å². The molecular formula is H2K2N2O6S2. The van der Waals surface area contributed by atoms with Crippen LogP contribution in [-0.2, 0) is 20.6 Å². The fourth-order valence-electron chi connectivity index (χ4n) is 0.102. The van der Waals surface area contributed by atoms with Crippen molar-refractivity contribution >= 4 is 20.6 Å². The summed E-state index contributed by atoms with van der Waals surface area (Å²) in [6.45, 7) is 0. The van der Waals surface area contributed by atoms with Gasteiger partial charge in [-0.15, -0.1) is 9.66 Å². The van der Waals surface area contributed by atoms with Crippen LogP contribution in [-0.4, -0.2) is 25.9 Å². The first-order valence-electron chi connectivity index (χ1n) is 1.66. The van der Waals surface area contributed by atoms with Crippen molar-refractivity contribution in [3.05, 3.63) is 0 Å². The normalized spacial score (nSPS) is 11.2. The van der Waals surface area contributed by atoms with Crippen LogP contribution in [0, 0.1) is 0 Å². The Balaban J connectivity index is -0.000000405. The van der Waals surface area contributed by atoms with Crippen LogP contribution in [0.5, 0.6) is 0 Å². The van der Waals surface area contributed by atoms with Gasteiger partial charge in [0.1, 0.15) is 0 Å². The van der Waals surface area contributed by atoms with E-state index in [0.29, 0.717) is 0 Å². The third-order valence-corrected chi connectivity index (χ3v) is 1.12. The van der Waals surface area contributed by atoms with Gasteiger partial charge in [0.05, 0.1) is 0 Å². The molecule has 0 spiro atoms. The maximum absolute atomic E-state index is 9.55. The van der Waals surface area contributed by atoms with Crippen LogP contribution in [0.2, 0.25) is 0 Å². The zero-order chi connectivity index (χ0) is 8.41. The van der Waals surface area contributed by atoms with E-state index in [1.54, 1.807) is 0 Å². The van der Waals surface area contributed by atoms with Crippen molar-refractivity contribution in [1.29, 1.82) is 0 Å². The van der Waals surface area contributed by atoms with Crippen LogP contribution in [0.1, 0.15) is 0 Å². The van der Waals surface area contributed by atoms with Gasteiger partial charge >= 0.3 is 103 Å². The predicted octanol–water partition coefficient (Wildman–Crippen LogP) is -8.99. The average Bonchev–Trinajstić information content (AvgIpc) is 1.57. The smallest absolute Gasteiger partial charge is 0.734 e. The molecule has 0 atom stereocenters. The number of rotatable bonds is 3. The quantitative estimate of drug-likeness (QED) is 0.296. The van der Waals surface area contributed by atoms with Crippen molar-refractivity contribution < 1.29 is 129 Å². The van der Waals surface area contributed by atoms with Crippen LogP contribution in [0.15, 0.2) is 0 Å². The molecule has 0 fully saturated rings. The van der Waals surface area contributed by atoms with Crippen molar-refractivity contribution in [1.82, 2.24) is 9.66 Å². The number of hydrogen-bond donors (Lipinski definition) is 2. The SMILES string of the molecule is O=S(=O)([O-])NNS(=O)(=O)[O-].[K+].[K+]. The van der Waals surface area contributed by atoms with E-state index in [2.05, 4.69) is 0 Å². The van der Waals surface area contributed by atoms with Gasteiger partial charge in [0, 0.05) is 0 Å². The molecule has 0 saturated carbocycles. The largest absolute Gasteiger partial charge is 1.00 e. The Bertz CT molecular complexity index is 258. The van der Waals surface area contributed by atoms with E-state index in [-0.39, 0.29) is 103 Å². The summed E-state index contributed by atoms with van der Waals surface area (Å²) in [6.07, 6.45) is 0. The zero-order valence-corrected chi connectivity index (χ0v) is 14.1. The topological polar surface area (TPSA) is 138 Å². The molecule has 0 bridgehead atoms. The third kappa shape index (κ3) is 18.7. The summed E-state index contributed by atoms with van der Waals surface area (Å²) in [5, 5.41) is 0. The number of nitrogens with one attached hydrogen (secondary N) is 2. The minimum absolute atomic E-state index is 0. The molecule has 0 aliphatic heterocycles. The molecule has 0 amide bonds. The molecule has 0 radical (unpaired) electrons. The van der Waals surface area contributed by atoms with Gasteiger partial charge in [0.2, 0.25) is 0 Å². The monoisotopic (exact) mass is 268 g/mol. The van der Waals surface area contributed by atoms with Crippen molar-refractivity contribution in [3.8, 4) is 0 Å². The van der Waals surface area contributed by atoms with Crippen LogP contribution >= 0.6 is 0 Å². The first-order chi connectivity index (χ1) is 4.21. The van der Waals surface area contributed by atoms with Crippen LogP contribution in [0.25, 0.3) is 0 Å². The fraction of sp³-hybridized carbons (Fsp3) is 0. The maximum Gasteiger partial charge on any atom is 1.00 e. The summed E-state index contributed by atoms with van der Waals surface area (Å²) < 4.78 is 57.3. The van der Waals surface area contributed by atoms with E-state index in [0.717, 1.165) is 9.66 Å². The van der Waals surface area contributed by atoms with Gasteiger partial charge in [-0.2, -0.15) is 0 Å². The zero-order valence-electron chi connectivity index (χ0n) is 6.27. The molecule has 62 valence electrons. The Kier molecular flexibility index (Phi) is 14.0. The molecule has 0 unspecified atom stereocenters. The van der Waals surface area contributed by atoms with E-state index in [4.69, 9.17) is 0 Å².